The molecule has 0 bridgehead atoms. The standard InChI is InChI=1S/C15H20N2O5/c1-21-14(19)12-9-16(8-11-6-4-3-5-7-11)10-17(13(12)18)15(20)22-2/h3-7,12-13,18H,8-10H2,1-2H3. The second-order valence-electron chi connectivity index (χ2n) is 5.12. The van der Waals surface area contributed by atoms with Crippen LogP contribution in [0.15, 0.2) is 30.3 Å². The number of methoxy groups -OCH3 is 2. The number of ether oxygens (including phenoxy) is 2. The molecule has 1 aromatic carbocycles. The topological polar surface area (TPSA) is 79.3 Å². The SMILES string of the molecule is COC(=O)C1CN(Cc2ccccc2)CN(C(=O)OC)C1O. The fraction of sp³-hybridized carbons (Fsp3) is 0.467. The van der Waals surface area contributed by atoms with Gasteiger partial charge in [-0.25, -0.2) is 4.79 Å². The minimum Gasteiger partial charge on any atom is -0.469 e. The van der Waals surface area contributed by atoms with Crippen LogP contribution in [0.1, 0.15) is 5.56 Å². The van der Waals surface area contributed by atoms with Gasteiger partial charge in [0.1, 0.15) is 12.1 Å². The van der Waals surface area contributed by atoms with E-state index in [9.17, 15) is 14.7 Å². The Morgan fingerprint density at radius 2 is 1.91 bits per heavy atom. The first-order chi connectivity index (χ1) is 10.6. The molecule has 1 fully saturated rings. The minimum atomic E-state index is -1.26. The molecule has 22 heavy (non-hydrogen) atoms. The first-order valence-corrected chi connectivity index (χ1v) is 6.93. The van der Waals surface area contributed by atoms with Crippen molar-refractivity contribution in [1.82, 2.24) is 9.80 Å². The zero-order valence-electron chi connectivity index (χ0n) is 12.6. The van der Waals surface area contributed by atoms with Gasteiger partial charge < -0.3 is 14.6 Å². The largest absolute Gasteiger partial charge is 0.469 e. The molecular weight excluding hydrogens is 288 g/mol. The Balaban J connectivity index is 2.16. The normalized spacial score (nSPS) is 22.2. The molecule has 0 aliphatic carbocycles. The van der Waals surface area contributed by atoms with Crippen LogP contribution in [-0.2, 0) is 20.8 Å². The van der Waals surface area contributed by atoms with Crippen LogP contribution in [0.3, 0.4) is 0 Å². The van der Waals surface area contributed by atoms with Crippen molar-refractivity contribution in [2.24, 2.45) is 5.92 Å². The summed E-state index contributed by atoms with van der Waals surface area (Å²) >= 11 is 0. The Morgan fingerprint density at radius 1 is 1.23 bits per heavy atom. The highest BCUT2D eigenvalue weighted by Gasteiger charge is 2.41. The molecule has 2 rings (SSSR count). The number of hydrogen-bond donors (Lipinski definition) is 1. The summed E-state index contributed by atoms with van der Waals surface area (Å²) in [5.41, 5.74) is 1.05. The number of nitrogens with zero attached hydrogens (tertiary/aromatic N) is 2. The van der Waals surface area contributed by atoms with Crippen LogP contribution in [0.2, 0.25) is 0 Å². The summed E-state index contributed by atoms with van der Waals surface area (Å²) in [7, 11) is 2.49. The molecule has 7 nitrogen and oxygen atoms in total. The van der Waals surface area contributed by atoms with Crippen molar-refractivity contribution in [3.63, 3.8) is 0 Å². The van der Waals surface area contributed by atoms with Crippen LogP contribution in [0, 0.1) is 5.92 Å². The van der Waals surface area contributed by atoms with E-state index in [-0.39, 0.29) is 6.67 Å². The van der Waals surface area contributed by atoms with Gasteiger partial charge in [0, 0.05) is 13.1 Å². The summed E-state index contributed by atoms with van der Waals surface area (Å²) in [5, 5.41) is 10.2. The average molecular weight is 308 g/mol. The average Bonchev–Trinajstić information content (AvgIpc) is 2.55. The van der Waals surface area contributed by atoms with Gasteiger partial charge in [-0.1, -0.05) is 30.3 Å². The third kappa shape index (κ3) is 3.55. The molecule has 0 saturated carbocycles. The maximum atomic E-state index is 11.8. The number of carbonyl (C=O) groups excluding carboxylic acids is 2. The zero-order chi connectivity index (χ0) is 16.1. The van der Waals surface area contributed by atoms with Crippen molar-refractivity contribution in [3.8, 4) is 0 Å². The van der Waals surface area contributed by atoms with E-state index >= 15 is 0 Å². The molecule has 2 unspecified atom stereocenters. The monoisotopic (exact) mass is 308 g/mol. The molecule has 0 spiro atoms. The molecule has 1 amide bonds. The fourth-order valence-electron chi connectivity index (χ4n) is 2.53. The van der Waals surface area contributed by atoms with Crippen molar-refractivity contribution in [1.29, 1.82) is 0 Å². The van der Waals surface area contributed by atoms with E-state index < -0.39 is 24.2 Å². The number of amides is 1. The Bertz CT molecular complexity index is 496. The minimum absolute atomic E-state index is 0.177. The van der Waals surface area contributed by atoms with Gasteiger partial charge in [0.2, 0.25) is 0 Å². The Hall–Kier alpha value is -2.12. The van der Waals surface area contributed by atoms with Crippen LogP contribution in [0.25, 0.3) is 0 Å². The molecule has 1 aliphatic heterocycles. The van der Waals surface area contributed by atoms with Crippen LogP contribution in [0.4, 0.5) is 4.79 Å². The first kappa shape index (κ1) is 16.3. The van der Waals surface area contributed by atoms with Gasteiger partial charge in [-0.05, 0) is 5.56 Å². The van der Waals surface area contributed by atoms with Crippen molar-refractivity contribution >= 4 is 12.1 Å². The zero-order valence-corrected chi connectivity index (χ0v) is 12.6. The van der Waals surface area contributed by atoms with E-state index in [2.05, 4.69) is 4.74 Å². The molecule has 1 saturated heterocycles. The molecule has 0 aromatic heterocycles. The summed E-state index contributed by atoms with van der Waals surface area (Å²) in [6.45, 7) is 1.03. The second kappa shape index (κ2) is 7.24. The van der Waals surface area contributed by atoms with Gasteiger partial charge in [0.25, 0.3) is 0 Å². The van der Waals surface area contributed by atoms with Crippen LogP contribution in [0.5, 0.6) is 0 Å². The molecule has 1 N–H and O–H groups in total. The summed E-state index contributed by atoms with van der Waals surface area (Å²) in [4.78, 5) is 26.6. The number of rotatable bonds is 3. The molecule has 1 aliphatic rings. The number of aliphatic hydroxyl groups excluding tert-OH is 1. The number of aliphatic hydroxyl groups is 1. The maximum absolute atomic E-state index is 11.8. The molecule has 1 heterocycles. The summed E-state index contributed by atoms with van der Waals surface area (Å²) in [6, 6.07) is 9.68. The fourth-order valence-corrected chi connectivity index (χ4v) is 2.53. The third-order valence-electron chi connectivity index (χ3n) is 3.65. The summed E-state index contributed by atoms with van der Waals surface area (Å²) in [5.74, 6) is -1.39. The number of hydrogen-bond acceptors (Lipinski definition) is 6. The number of carbonyl (C=O) groups is 2. The van der Waals surface area contributed by atoms with Crippen molar-refractivity contribution < 1.29 is 24.2 Å². The van der Waals surface area contributed by atoms with Gasteiger partial charge in [-0.15, -0.1) is 0 Å². The lowest BCUT2D eigenvalue weighted by Gasteiger charge is -2.41. The maximum Gasteiger partial charge on any atom is 0.412 e. The van der Waals surface area contributed by atoms with Gasteiger partial charge in [-0.3, -0.25) is 14.6 Å². The smallest absolute Gasteiger partial charge is 0.412 e. The van der Waals surface area contributed by atoms with E-state index in [0.29, 0.717) is 13.1 Å². The molecule has 120 valence electrons. The number of esters is 1. The third-order valence-corrected chi connectivity index (χ3v) is 3.65. The Morgan fingerprint density at radius 3 is 2.50 bits per heavy atom. The van der Waals surface area contributed by atoms with Gasteiger partial charge in [-0.2, -0.15) is 0 Å². The lowest BCUT2D eigenvalue weighted by Crippen LogP contribution is -2.59. The highest BCUT2D eigenvalue weighted by Crippen LogP contribution is 2.22. The Labute approximate surface area is 129 Å². The lowest BCUT2D eigenvalue weighted by molar-refractivity contribution is -0.164. The van der Waals surface area contributed by atoms with Crippen LogP contribution >= 0.6 is 0 Å². The van der Waals surface area contributed by atoms with Gasteiger partial charge in [0.05, 0.1) is 20.9 Å². The van der Waals surface area contributed by atoms with E-state index in [1.807, 2.05) is 35.2 Å². The molecular formula is C15H20N2O5. The molecule has 2 atom stereocenters. The number of benzene rings is 1. The highest BCUT2D eigenvalue weighted by atomic mass is 16.5. The summed E-state index contributed by atoms with van der Waals surface area (Å²) < 4.78 is 9.38. The van der Waals surface area contributed by atoms with Gasteiger partial charge in [0.15, 0.2) is 0 Å². The van der Waals surface area contributed by atoms with Crippen molar-refractivity contribution in [2.75, 3.05) is 27.4 Å². The predicted molar refractivity (Wildman–Crippen MR) is 77.5 cm³/mol. The van der Waals surface area contributed by atoms with E-state index in [1.54, 1.807) is 0 Å². The lowest BCUT2D eigenvalue weighted by atomic mass is 10.0. The Kier molecular flexibility index (Phi) is 5.35. The second-order valence-corrected chi connectivity index (χ2v) is 5.12. The first-order valence-electron chi connectivity index (χ1n) is 6.93. The quantitative estimate of drug-likeness (QED) is 0.825. The van der Waals surface area contributed by atoms with E-state index in [4.69, 9.17) is 4.74 Å². The molecule has 0 radical (unpaired) electrons. The van der Waals surface area contributed by atoms with Crippen LogP contribution in [-0.4, -0.2) is 60.6 Å². The molecule has 7 heteroatoms. The van der Waals surface area contributed by atoms with Crippen molar-refractivity contribution in [3.05, 3.63) is 35.9 Å². The van der Waals surface area contributed by atoms with Crippen molar-refractivity contribution in [2.45, 2.75) is 12.8 Å². The highest BCUT2D eigenvalue weighted by molar-refractivity contribution is 5.75. The predicted octanol–water partition coefficient (Wildman–Crippen LogP) is 0.636. The molecule has 1 aromatic rings. The summed E-state index contributed by atoms with van der Waals surface area (Å²) in [6.07, 6.45) is -1.94. The van der Waals surface area contributed by atoms with Crippen LogP contribution < -0.4 is 0 Å². The van der Waals surface area contributed by atoms with E-state index in [1.165, 1.54) is 14.2 Å². The van der Waals surface area contributed by atoms with Gasteiger partial charge >= 0.3 is 12.1 Å². The van der Waals surface area contributed by atoms with E-state index in [0.717, 1.165) is 10.5 Å².